The topological polar surface area (TPSA) is 38.3 Å². The number of thiophene rings is 1. The summed E-state index contributed by atoms with van der Waals surface area (Å²) in [4.78, 5) is 14.5. The molecular formula is C15H13F2NO2S2. The smallest absolute Gasteiger partial charge is 0.288 e. The van der Waals surface area contributed by atoms with Gasteiger partial charge in [-0.05, 0) is 35.9 Å². The van der Waals surface area contributed by atoms with Crippen LogP contribution in [0.15, 0.2) is 35.2 Å². The van der Waals surface area contributed by atoms with Gasteiger partial charge in [0.25, 0.3) is 11.7 Å². The molecule has 0 atom stereocenters. The summed E-state index contributed by atoms with van der Waals surface area (Å²) < 4.78 is 29.9. The highest BCUT2D eigenvalue weighted by Crippen LogP contribution is 2.29. The summed E-state index contributed by atoms with van der Waals surface area (Å²) in [5.41, 5.74) is 1.66. The van der Waals surface area contributed by atoms with E-state index in [-0.39, 0.29) is 5.91 Å². The number of thioether (sulfide) groups is 1. The lowest BCUT2D eigenvalue weighted by Gasteiger charge is -2.10. The number of rotatable bonds is 4. The Morgan fingerprint density at radius 2 is 2.09 bits per heavy atom. The number of carbonyl (C=O) groups is 1. The van der Waals surface area contributed by atoms with Gasteiger partial charge in [0.15, 0.2) is 0 Å². The number of halogens is 2. The minimum Gasteiger partial charge on any atom is -0.376 e. The molecule has 1 aliphatic rings. The maximum Gasteiger partial charge on any atom is 0.288 e. The summed E-state index contributed by atoms with van der Waals surface area (Å²) in [5.74, 6) is -2.63. The van der Waals surface area contributed by atoms with Crippen molar-refractivity contribution in [2.45, 2.75) is 23.7 Å². The van der Waals surface area contributed by atoms with Crippen molar-refractivity contribution in [3.8, 4) is 0 Å². The monoisotopic (exact) mass is 341 g/mol. The minimum atomic E-state index is -2.44. The van der Waals surface area contributed by atoms with Gasteiger partial charge in [-0.3, -0.25) is 4.79 Å². The zero-order chi connectivity index (χ0) is 15.5. The molecule has 0 saturated carbocycles. The molecule has 3 rings (SSSR count). The summed E-state index contributed by atoms with van der Waals surface area (Å²) in [7, 11) is 0. The van der Waals surface area contributed by atoms with Gasteiger partial charge in [-0.2, -0.15) is 8.78 Å². The van der Waals surface area contributed by atoms with E-state index in [9.17, 15) is 13.6 Å². The van der Waals surface area contributed by atoms with Gasteiger partial charge >= 0.3 is 0 Å². The highest BCUT2D eigenvalue weighted by Gasteiger charge is 2.17. The fourth-order valence-electron chi connectivity index (χ4n) is 2.17. The molecule has 3 nitrogen and oxygen atoms in total. The van der Waals surface area contributed by atoms with E-state index >= 15 is 0 Å². The molecular weight excluding hydrogens is 328 g/mol. The zero-order valence-corrected chi connectivity index (χ0v) is 13.1. The minimum absolute atomic E-state index is 0.186. The average Bonchev–Trinajstić information content (AvgIpc) is 2.93. The Bertz CT molecular complexity index is 647. The van der Waals surface area contributed by atoms with Crippen LogP contribution in [0.1, 0.15) is 20.1 Å². The van der Waals surface area contributed by atoms with E-state index in [1.165, 1.54) is 16.2 Å². The van der Waals surface area contributed by atoms with Crippen LogP contribution in [-0.2, 0) is 17.8 Å². The third kappa shape index (κ3) is 3.66. The molecule has 1 N–H and O–H groups in total. The van der Waals surface area contributed by atoms with Crippen molar-refractivity contribution < 1.29 is 18.3 Å². The van der Waals surface area contributed by atoms with Gasteiger partial charge in [0.05, 0.1) is 18.1 Å². The number of alkyl halides is 2. The molecule has 22 heavy (non-hydrogen) atoms. The molecule has 0 aliphatic carbocycles. The van der Waals surface area contributed by atoms with E-state index in [0.29, 0.717) is 40.4 Å². The Morgan fingerprint density at radius 1 is 1.32 bits per heavy atom. The van der Waals surface area contributed by atoms with E-state index in [1.807, 2.05) is 6.07 Å². The van der Waals surface area contributed by atoms with Crippen LogP contribution in [-0.4, -0.2) is 18.3 Å². The third-order valence-electron chi connectivity index (χ3n) is 3.19. The molecule has 2 heterocycles. The number of benzene rings is 1. The molecule has 2 aromatic rings. The summed E-state index contributed by atoms with van der Waals surface area (Å²) in [6.45, 7) is 1.25. The number of hydrogen-bond acceptors (Lipinski definition) is 4. The zero-order valence-electron chi connectivity index (χ0n) is 11.5. The summed E-state index contributed by atoms with van der Waals surface area (Å²) in [6.07, 6.45) is 0.840. The number of fused-ring (bicyclic) bond motifs is 1. The van der Waals surface area contributed by atoms with Crippen LogP contribution in [0.3, 0.4) is 0 Å². The number of anilines is 1. The number of carbonyl (C=O) groups excluding carboxylic acids is 1. The van der Waals surface area contributed by atoms with E-state index in [2.05, 4.69) is 5.32 Å². The highest BCUT2D eigenvalue weighted by atomic mass is 32.2. The summed E-state index contributed by atoms with van der Waals surface area (Å²) in [6, 6.07) is 8.24. The lowest BCUT2D eigenvalue weighted by Crippen LogP contribution is -2.10. The van der Waals surface area contributed by atoms with E-state index in [4.69, 9.17) is 4.74 Å². The molecule has 1 aromatic carbocycles. The van der Waals surface area contributed by atoms with Crippen molar-refractivity contribution in [2.75, 3.05) is 11.9 Å². The summed E-state index contributed by atoms with van der Waals surface area (Å²) in [5, 5.41) is 2.78. The fourth-order valence-corrected chi connectivity index (χ4v) is 3.72. The Kier molecular flexibility index (Phi) is 4.75. The average molecular weight is 341 g/mol. The molecule has 1 aliphatic heterocycles. The highest BCUT2D eigenvalue weighted by molar-refractivity contribution is 7.99. The normalized spacial score (nSPS) is 14.0. The number of hydrogen-bond donors (Lipinski definition) is 1. The van der Waals surface area contributed by atoms with E-state index in [0.717, 1.165) is 12.0 Å². The van der Waals surface area contributed by atoms with Crippen molar-refractivity contribution in [1.29, 1.82) is 0 Å². The van der Waals surface area contributed by atoms with E-state index < -0.39 is 5.76 Å². The standard InChI is InChI=1S/C15H13F2NO2S2/c16-15(17)21-11-3-1-10(2-4-11)18-14(19)13-7-9-8-20-6-5-12(9)22-13/h1-4,7,15H,5-6,8H2,(H,18,19). The van der Waals surface area contributed by atoms with Gasteiger partial charge in [0, 0.05) is 21.9 Å². The van der Waals surface area contributed by atoms with Crippen LogP contribution in [0.4, 0.5) is 14.5 Å². The third-order valence-corrected chi connectivity index (χ3v) is 5.15. The van der Waals surface area contributed by atoms with Gasteiger partial charge in [0.1, 0.15) is 0 Å². The predicted molar refractivity (Wildman–Crippen MR) is 83.9 cm³/mol. The van der Waals surface area contributed by atoms with Crippen LogP contribution in [0, 0.1) is 0 Å². The molecule has 116 valence electrons. The molecule has 0 bridgehead atoms. The lowest BCUT2D eigenvalue weighted by atomic mass is 10.2. The maximum atomic E-state index is 12.2. The molecule has 0 fully saturated rings. The lowest BCUT2D eigenvalue weighted by molar-refractivity contribution is 0.102. The van der Waals surface area contributed by atoms with Crippen LogP contribution in [0.2, 0.25) is 0 Å². The molecule has 1 aromatic heterocycles. The first-order chi connectivity index (χ1) is 10.6. The Morgan fingerprint density at radius 3 is 2.77 bits per heavy atom. The molecule has 0 saturated heterocycles. The second-order valence-corrected chi connectivity index (χ2v) is 6.92. The number of nitrogens with one attached hydrogen (secondary N) is 1. The SMILES string of the molecule is O=C(Nc1ccc(SC(F)F)cc1)c1cc2c(s1)CCOC2. The first-order valence-electron chi connectivity index (χ1n) is 6.67. The van der Waals surface area contributed by atoms with Crippen LogP contribution >= 0.6 is 23.1 Å². The largest absolute Gasteiger partial charge is 0.376 e. The van der Waals surface area contributed by atoms with Gasteiger partial charge in [-0.15, -0.1) is 11.3 Å². The second kappa shape index (κ2) is 6.76. The predicted octanol–water partition coefficient (Wildman–Crippen LogP) is 4.39. The van der Waals surface area contributed by atoms with Gasteiger partial charge in [-0.25, -0.2) is 0 Å². The van der Waals surface area contributed by atoms with Crippen LogP contribution < -0.4 is 5.32 Å². The molecule has 0 radical (unpaired) electrons. The van der Waals surface area contributed by atoms with Crippen molar-refractivity contribution >= 4 is 34.7 Å². The van der Waals surface area contributed by atoms with Crippen LogP contribution in [0.5, 0.6) is 0 Å². The Balaban J connectivity index is 1.67. The van der Waals surface area contributed by atoms with Gasteiger partial charge in [0.2, 0.25) is 0 Å². The number of ether oxygens (including phenoxy) is 1. The quantitative estimate of drug-likeness (QED) is 0.838. The Labute approximate surface area is 134 Å². The maximum absolute atomic E-state index is 12.2. The van der Waals surface area contributed by atoms with Crippen molar-refractivity contribution in [1.82, 2.24) is 0 Å². The van der Waals surface area contributed by atoms with Crippen molar-refractivity contribution in [2.24, 2.45) is 0 Å². The second-order valence-electron chi connectivity index (χ2n) is 4.72. The molecule has 1 amide bonds. The molecule has 0 spiro atoms. The molecule has 0 unspecified atom stereocenters. The first kappa shape index (κ1) is 15.5. The van der Waals surface area contributed by atoms with Gasteiger partial charge in [-0.1, -0.05) is 11.8 Å². The summed E-state index contributed by atoms with van der Waals surface area (Å²) >= 11 is 1.96. The Hall–Kier alpha value is -1.44. The molecule has 7 heteroatoms. The van der Waals surface area contributed by atoms with Crippen molar-refractivity contribution in [3.63, 3.8) is 0 Å². The van der Waals surface area contributed by atoms with E-state index in [1.54, 1.807) is 24.3 Å². The first-order valence-corrected chi connectivity index (χ1v) is 8.37. The number of amides is 1. The van der Waals surface area contributed by atoms with Crippen LogP contribution in [0.25, 0.3) is 0 Å². The van der Waals surface area contributed by atoms with Crippen molar-refractivity contribution in [3.05, 3.63) is 45.6 Å². The fraction of sp³-hybridized carbons (Fsp3) is 0.267. The van der Waals surface area contributed by atoms with Gasteiger partial charge < -0.3 is 10.1 Å².